The van der Waals surface area contributed by atoms with Gasteiger partial charge in [0.15, 0.2) is 0 Å². The first-order valence-electron chi connectivity index (χ1n) is 14.6. The monoisotopic (exact) mass is 538 g/mol. The molecule has 8 heteroatoms. The first kappa shape index (κ1) is 35.5. The van der Waals surface area contributed by atoms with Crippen molar-refractivity contribution in [3.63, 3.8) is 0 Å². The molecule has 0 radical (unpaired) electrons. The van der Waals surface area contributed by atoms with E-state index in [9.17, 15) is 14.7 Å². The van der Waals surface area contributed by atoms with Gasteiger partial charge in [0.05, 0.1) is 19.8 Å². The van der Waals surface area contributed by atoms with Crippen molar-refractivity contribution in [3.8, 4) is 11.5 Å². The number of hydrogen-bond acceptors (Lipinski definition) is 5. The molecule has 0 heterocycles. The number of amides is 1. The largest absolute Gasteiger partial charge is 0.493 e. The summed E-state index contributed by atoms with van der Waals surface area (Å²) < 4.78 is 12.0. The van der Waals surface area contributed by atoms with E-state index in [1.165, 1.54) is 81.9 Å². The molecule has 0 saturated carbocycles. The topological polar surface area (TPSA) is 139 Å². The number of rotatable bonds is 25. The van der Waals surface area contributed by atoms with E-state index in [2.05, 4.69) is 13.8 Å². The molecule has 7 N–H and O–H groups in total. The van der Waals surface area contributed by atoms with Gasteiger partial charge in [0.25, 0.3) is 0 Å². The summed E-state index contributed by atoms with van der Waals surface area (Å²) in [7, 11) is 0. The zero-order valence-electron chi connectivity index (χ0n) is 24.5. The molecule has 0 aromatic heterocycles. The highest BCUT2D eigenvalue weighted by molar-refractivity contribution is 5.83. The quantitative estimate of drug-likeness (QED) is 0.110. The molecule has 0 aliphatic rings. The number of quaternary nitrogens is 1. The number of carbonyl (C=O) groups excluding carboxylic acids is 1. The van der Waals surface area contributed by atoms with Gasteiger partial charge in [-0.3, -0.25) is 9.59 Å². The molecule has 0 bridgehead atoms. The maximum Gasteiger partial charge on any atom is 0.323 e. The van der Waals surface area contributed by atoms with Gasteiger partial charge >= 0.3 is 5.97 Å². The Bertz CT molecular complexity index is 688. The zero-order chi connectivity index (χ0) is 27.1. The Morgan fingerprint density at radius 2 is 1.08 bits per heavy atom. The number of nitrogens with zero attached hydrogens (tertiary/aromatic N) is 1. The van der Waals surface area contributed by atoms with Crippen LogP contribution in [-0.2, 0) is 9.59 Å². The average molecular weight is 539 g/mol. The molecule has 220 valence electrons. The van der Waals surface area contributed by atoms with Gasteiger partial charge < -0.3 is 31.4 Å². The lowest BCUT2D eigenvalue weighted by atomic mass is 10.1. The lowest BCUT2D eigenvalue weighted by Crippen LogP contribution is -2.37. The van der Waals surface area contributed by atoms with Crippen molar-refractivity contribution in [1.29, 1.82) is 0 Å². The molecule has 0 aliphatic heterocycles. The number of nitrogens with two attached hydrogens (primary N) is 1. The van der Waals surface area contributed by atoms with Crippen LogP contribution in [-0.4, -0.2) is 43.3 Å². The van der Waals surface area contributed by atoms with Crippen LogP contribution < -0.4 is 26.3 Å². The Morgan fingerprint density at radius 1 is 0.684 bits per heavy atom. The van der Waals surface area contributed by atoms with Gasteiger partial charge in [-0.1, -0.05) is 104 Å². The van der Waals surface area contributed by atoms with Crippen LogP contribution in [0.3, 0.4) is 0 Å². The van der Waals surface area contributed by atoms with E-state index in [1.807, 2.05) is 6.07 Å². The summed E-state index contributed by atoms with van der Waals surface area (Å²) in [5.74, 6) is -0.390. The van der Waals surface area contributed by atoms with Gasteiger partial charge in [-0.15, -0.1) is 0 Å². The van der Waals surface area contributed by atoms with Gasteiger partial charge in [-0.2, -0.15) is 0 Å². The number of ether oxygens (including phenoxy) is 2. The predicted octanol–water partition coefficient (Wildman–Crippen LogP) is 7.48. The Labute approximate surface area is 231 Å². The fourth-order valence-electron chi connectivity index (χ4n) is 4.35. The van der Waals surface area contributed by atoms with Crippen molar-refractivity contribution in [3.05, 3.63) is 18.2 Å². The number of benzene rings is 1. The van der Waals surface area contributed by atoms with E-state index in [-0.39, 0.29) is 19.2 Å². The lowest BCUT2D eigenvalue weighted by molar-refractivity contribution is -0.135. The van der Waals surface area contributed by atoms with Crippen molar-refractivity contribution >= 4 is 17.6 Å². The highest BCUT2D eigenvalue weighted by Crippen LogP contribution is 2.29. The fourth-order valence-corrected chi connectivity index (χ4v) is 4.35. The number of carboxylic acids is 1. The van der Waals surface area contributed by atoms with Crippen LogP contribution in [0.4, 0.5) is 5.69 Å². The number of aliphatic carboxylic acids is 1. The smallest absolute Gasteiger partial charge is 0.323 e. The third-order valence-corrected chi connectivity index (χ3v) is 6.44. The fraction of sp³-hybridized carbons (Fsp3) is 0.733. The molecule has 0 saturated heterocycles. The van der Waals surface area contributed by atoms with Gasteiger partial charge in [-0.05, 0) is 12.8 Å². The Balaban J connectivity index is 0.0000137. The molecule has 1 rings (SSSR count). The Morgan fingerprint density at radius 3 is 1.45 bits per heavy atom. The first-order valence-corrected chi connectivity index (χ1v) is 14.6. The highest BCUT2D eigenvalue weighted by atomic mass is 16.5. The molecule has 8 nitrogen and oxygen atoms in total. The SMILES string of the molecule is CCCCCCCCCCOc1cc(OCCCCCCCCCC)cc(N(CC(N)=O)CC(=O)O)c1.[NH4+]. The highest BCUT2D eigenvalue weighted by Gasteiger charge is 2.16. The average Bonchev–Trinajstić information content (AvgIpc) is 2.85. The van der Waals surface area contributed by atoms with Crippen LogP contribution >= 0.6 is 0 Å². The number of primary amides is 1. The van der Waals surface area contributed by atoms with Gasteiger partial charge in [0.2, 0.25) is 5.91 Å². The van der Waals surface area contributed by atoms with Gasteiger partial charge in [0.1, 0.15) is 18.0 Å². The molecule has 0 aliphatic carbocycles. The van der Waals surface area contributed by atoms with Crippen LogP contribution in [0.1, 0.15) is 117 Å². The maximum atomic E-state index is 11.6. The zero-order valence-corrected chi connectivity index (χ0v) is 24.5. The first-order chi connectivity index (χ1) is 18.0. The summed E-state index contributed by atoms with van der Waals surface area (Å²) in [6.07, 6.45) is 19.5. The third kappa shape index (κ3) is 18.7. The van der Waals surface area contributed by atoms with E-state index < -0.39 is 11.9 Å². The number of carbonyl (C=O) groups is 2. The summed E-state index contributed by atoms with van der Waals surface area (Å²) in [5, 5.41) is 9.32. The molecule has 1 aromatic rings. The summed E-state index contributed by atoms with van der Waals surface area (Å²) in [4.78, 5) is 24.4. The summed E-state index contributed by atoms with van der Waals surface area (Å²) in [6, 6.07) is 5.38. The second-order valence-electron chi connectivity index (χ2n) is 10.0. The van der Waals surface area contributed by atoms with Crippen LogP contribution in [0.5, 0.6) is 11.5 Å². The van der Waals surface area contributed by atoms with Crippen molar-refractivity contribution in [1.82, 2.24) is 6.15 Å². The molecule has 1 amide bonds. The summed E-state index contributed by atoms with van der Waals surface area (Å²) in [5.41, 5.74) is 5.93. The van der Waals surface area contributed by atoms with E-state index in [0.717, 1.165) is 25.7 Å². The molecule has 0 unspecified atom stereocenters. The normalized spacial score (nSPS) is 10.6. The molecule has 1 aromatic carbocycles. The standard InChI is InChI=1S/C30H52N2O5.H3N/c1-3-5-7-9-11-13-15-17-19-36-27-21-26(32(24-29(31)33)25-30(34)35)22-28(23-27)37-20-18-16-14-12-10-8-6-4-2;/h21-23H,3-20,24-25H2,1-2H3,(H2,31,33)(H,34,35);1H3/p+1. The number of carboxylic acid groups (broad SMARTS) is 1. The van der Waals surface area contributed by atoms with E-state index in [1.54, 1.807) is 12.1 Å². The van der Waals surface area contributed by atoms with Gasteiger partial charge in [0, 0.05) is 23.9 Å². The van der Waals surface area contributed by atoms with E-state index in [0.29, 0.717) is 30.4 Å². The lowest BCUT2D eigenvalue weighted by Gasteiger charge is -2.23. The van der Waals surface area contributed by atoms with Gasteiger partial charge in [-0.25, -0.2) is 0 Å². The molecule has 38 heavy (non-hydrogen) atoms. The minimum Gasteiger partial charge on any atom is -0.493 e. The number of anilines is 1. The van der Waals surface area contributed by atoms with Crippen LogP contribution in [0.15, 0.2) is 18.2 Å². The Kier molecular flexibility index (Phi) is 22.1. The molecule has 0 fully saturated rings. The van der Waals surface area contributed by atoms with Crippen molar-refractivity contribution in [2.24, 2.45) is 5.73 Å². The maximum absolute atomic E-state index is 11.6. The van der Waals surface area contributed by atoms with Crippen molar-refractivity contribution < 1.29 is 24.2 Å². The number of hydrogen-bond donors (Lipinski definition) is 3. The van der Waals surface area contributed by atoms with E-state index in [4.69, 9.17) is 15.2 Å². The molecule has 0 spiro atoms. The van der Waals surface area contributed by atoms with Crippen LogP contribution in [0.25, 0.3) is 0 Å². The second kappa shape index (κ2) is 23.6. The van der Waals surface area contributed by atoms with Crippen LogP contribution in [0, 0.1) is 0 Å². The van der Waals surface area contributed by atoms with Crippen molar-refractivity contribution in [2.75, 3.05) is 31.2 Å². The molecule has 0 atom stereocenters. The van der Waals surface area contributed by atoms with Crippen molar-refractivity contribution in [2.45, 2.75) is 117 Å². The summed E-state index contributed by atoms with van der Waals surface area (Å²) in [6.45, 7) is 5.12. The summed E-state index contributed by atoms with van der Waals surface area (Å²) >= 11 is 0. The minimum absolute atomic E-state index is 0. The Hall–Kier alpha value is -2.48. The molecular weight excluding hydrogens is 482 g/mol. The van der Waals surface area contributed by atoms with E-state index >= 15 is 0 Å². The minimum atomic E-state index is -1.03. The second-order valence-corrected chi connectivity index (χ2v) is 10.0. The third-order valence-electron chi connectivity index (χ3n) is 6.44. The van der Waals surface area contributed by atoms with Crippen LogP contribution in [0.2, 0.25) is 0 Å². The predicted molar refractivity (Wildman–Crippen MR) is 158 cm³/mol. The number of unbranched alkanes of at least 4 members (excludes halogenated alkanes) is 14. The molecular formula is C30H56N3O5+.